The van der Waals surface area contributed by atoms with Gasteiger partial charge in [0.05, 0.1) is 17.9 Å². The Bertz CT molecular complexity index is 543. The van der Waals surface area contributed by atoms with Crippen LogP contribution >= 0.6 is 0 Å². The SMILES string of the molecule is CCC(NC)C(=O)c1cc2occc2cc1F. The molecule has 3 nitrogen and oxygen atoms in total. The molecule has 0 saturated heterocycles. The molecule has 0 spiro atoms. The largest absolute Gasteiger partial charge is 0.464 e. The molecule has 0 aliphatic heterocycles. The second-order valence-electron chi connectivity index (χ2n) is 3.90. The molecule has 0 radical (unpaired) electrons. The molecular weight excluding hydrogens is 221 g/mol. The Labute approximate surface area is 98.6 Å². The smallest absolute Gasteiger partial charge is 0.182 e. The summed E-state index contributed by atoms with van der Waals surface area (Å²) in [7, 11) is 1.69. The van der Waals surface area contributed by atoms with Crippen molar-refractivity contribution < 1.29 is 13.6 Å². The fourth-order valence-electron chi connectivity index (χ4n) is 1.88. The van der Waals surface area contributed by atoms with Crippen molar-refractivity contribution in [2.24, 2.45) is 0 Å². The number of fused-ring (bicyclic) bond motifs is 1. The zero-order valence-electron chi connectivity index (χ0n) is 9.79. The topological polar surface area (TPSA) is 42.2 Å². The van der Waals surface area contributed by atoms with Crippen LogP contribution in [0, 0.1) is 5.82 Å². The molecule has 17 heavy (non-hydrogen) atoms. The van der Waals surface area contributed by atoms with Crippen molar-refractivity contribution in [3.63, 3.8) is 0 Å². The van der Waals surface area contributed by atoms with Crippen molar-refractivity contribution in [2.75, 3.05) is 7.05 Å². The standard InChI is InChI=1S/C13H14FNO2/c1-3-11(15-2)13(16)9-7-12-8(4-5-17-12)6-10(9)14/h4-7,11,15H,3H2,1-2H3. The third-order valence-corrected chi connectivity index (χ3v) is 2.88. The van der Waals surface area contributed by atoms with Crippen LogP contribution in [0.4, 0.5) is 4.39 Å². The lowest BCUT2D eigenvalue weighted by Crippen LogP contribution is -2.33. The number of hydrogen-bond acceptors (Lipinski definition) is 3. The van der Waals surface area contributed by atoms with E-state index in [9.17, 15) is 9.18 Å². The minimum Gasteiger partial charge on any atom is -0.464 e. The maximum atomic E-state index is 13.8. The predicted octanol–water partition coefficient (Wildman–Crippen LogP) is 2.75. The number of benzene rings is 1. The van der Waals surface area contributed by atoms with Crippen LogP contribution in [0.5, 0.6) is 0 Å². The van der Waals surface area contributed by atoms with E-state index in [0.717, 1.165) is 0 Å². The van der Waals surface area contributed by atoms with E-state index < -0.39 is 5.82 Å². The van der Waals surface area contributed by atoms with Gasteiger partial charge in [-0.25, -0.2) is 4.39 Å². The fourth-order valence-corrected chi connectivity index (χ4v) is 1.88. The van der Waals surface area contributed by atoms with Gasteiger partial charge >= 0.3 is 0 Å². The van der Waals surface area contributed by atoms with E-state index in [0.29, 0.717) is 17.4 Å². The van der Waals surface area contributed by atoms with Crippen LogP contribution in [0.25, 0.3) is 11.0 Å². The monoisotopic (exact) mass is 235 g/mol. The molecule has 0 amide bonds. The van der Waals surface area contributed by atoms with E-state index in [1.807, 2.05) is 6.92 Å². The average Bonchev–Trinajstić information content (AvgIpc) is 2.76. The number of likely N-dealkylation sites (N-methyl/N-ethyl adjacent to an activating group) is 1. The molecule has 2 rings (SSSR count). The zero-order chi connectivity index (χ0) is 12.4. The Morgan fingerprint density at radius 3 is 2.94 bits per heavy atom. The molecule has 0 bridgehead atoms. The van der Waals surface area contributed by atoms with Gasteiger partial charge in [0.1, 0.15) is 11.4 Å². The number of rotatable bonds is 4. The van der Waals surface area contributed by atoms with Crippen molar-refractivity contribution in [1.82, 2.24) is 5.32 Å². The van der Waals surface area contributed by atoms with Gasteiger partial charge in [-0.1, -0.05) is 6.92 Å². The molecule has 1 heterocycles. The number of halogens is 1. The summed E-state index contributed by atoms with van der Waals surface area (Å²) in [5.74, 6) is -0.747. The molecule has 2 aromatic rings. The Balaban J connectivity index is 2.46. The van der Waals surface area contributed by atoms with E-state index >= 15 is 0 Å². The van der Waals surface area contributed by atoms with Crippen LogP contribution in [0.15, 0.2) is 28.9 Å². The van der Waals surface area contributed by atoms with Crippen molar-refractivity contribution >= 4 is 16.8 Å². The molecule has 1 aromatic carbocycles. The first kappa shape index (κ1) is 11.8. The van der Waals surface area contributed by atoms with Crippen molar-refractivity contribution in [1.29, 1.82) is 0 Å². The van der Waals surface area contributed by atoms with Gasteiger partial charge in [0.25, 0.3) is 0 Å². The molecule has 90 valence electrons. The van der Waals surface area contributed by atoms with Crippen LogP contribution in [-0.4, -0.2) is 18.9 Å². The van der Waals surface area contributed by atoms with Crippen molar-refractivity contribution in [2.45, 2.75) is 19.4 Å². The summed E-state index contributed by atoms with van der Waals surface area (Å²) in [6.07, 6.45) is 2.10. The molecule has 1 unspecified atom stereocenters. The first-order chi connectivity index (χ1) is 8.17. The summed E-state index contributed by atoms with van der Waals surface area (Å²) in [4.78, 5) is 12.0. The Morgan fingerprint density at radius 2 is 2.29 bits per heavy atom. The molecule has 0 fully saturated rings. The maximum Gasteiger partial charge on any atom is 0.182 e. The molecule has 4 heteroatoms. The highest BCUT2D eigenvalue weighted by molar-refractivity contribution is 6.02. The van der Waals surface area contributed by atoms with Crippen molar-refractivity contribution in [3.05, 3.63) is 35.8 Å². The summed E-state index contributed by atoms with van der Waals surface area (Å²) in [6.45, 7) is 1.88. The third kappa shape index (κ3) is 2.08. The summed E-state index contributed by atoms with van der Waals surface area (Å²) in [5, 5.41) is 3.54. The summed E-state index contributed by atoms with van der Waals surface area (Å²) in [5.41, 5.74) is 0.606. The lowest BCUT2D eigenvalue weighted by atomic mass is 10.0. The number of carbonyl (C=O) groups is 1. The summed E-state index contributed by atoms with van der Waals surface area (Å²) < 4.78 is 19.0. The van der Waals surface area contributed by atoms with Crippen molar-refractivity contribution in [3.8, 4) is 0 Å². The molecule has 0 aliphatic rings. The molecule has 1 atom stereocenters. The Hall–Kier alpha value is -1.68. The third-order valence-electron chi connectivity index (χ3n) is 2.88. The molecule has 1 N–H and O–H groups in total. The van der Waals surface area contributed by atoms with Gasteiger partial charge in [-0.3, -0.25) is 4.79 Å². The highest BCUT2D eigenvalue weighted by Gasteiger charge is 2.20. The predicted molar refractivity (Wildman–Crippen MR) is 63.6 cm³/mol. The minimum atomic E-state index is -0.502. The van der Waals surface area contributed by atoms with Gasteiger partial charge in [-0.2, -0.15) is 0 Å². The number of ketones is 1. The summed E-state index contributed by atoms with van der Waals surface area (Å²) >= 11 is 0. The van der Waals surface area contributed by atoms with E-state index in [1.54, 1.807) is 13.1 Å². The van der Waals surface area contributed by atoms with E-state index in [2.05, 4.69) is 5.32 Å². The molecule has 1 aromatic heterocycles. The fraction of sp³-hybridized carbons (Fsp3) is 0.308. The minimum absolute atomic E-state index is 0.0775. The zero-order valence-corrected chi connectivity index (χ0v) is 9.79. The Kier molecular flexibility index (Phi) is 3.24. The van der Waals surface area contributed by atoms with Gasteiger partial charge in [0.2, 0.25) is 0 Å². The van der Waals surface area contributed by atoms with Crippen LogP contribution in [0.1, 0.15) is 23.7 Å². The number of carbonyl (C=O) groups excluding carboxylic acids is 1. The normalized spacial score (nSPS) is 12.9. The van der Waals surface area contributed by atoms with Gasteiger partial charge < -0.3 is 9.73 Å². The number of Topliss-reactive ketones (excluding diaryl/α,β-unsaturated/α-hetero) is 1. The summed E-state index contributed by atoms with van der Waals surface area (Å²) in [6, 6.07) is 4.10. The first-order valence-corrected chi connectivity index (χ1v) is 5.55. The second-order valence-corrected chi connectivity index (χ2v) is 3.90. The number of hydrogen-bond donors (Lipinski definition) is 1. The van der Waals surface area contributed by atoms with Crippen LogP contribution < -0.4 is 5.32 Å². The van der Waals surface area contributed by atoms with E-state index in [4.69, 9.17) is 4.42 Å². The van der Waals surface area contributed by atoms with Gasteiger partial charge in [0.15, 0.2) is 5.78 Å². The lowest BCUT2D eigenvalue weighted by molar-refractivity contribution is 0.0941. The lowest BCUT2D eigenvalue weighted by Gasteiger charge is -2.12. The van der Waals surface area contributed by atoms with Gasteiger partial charge in [0, 0.05) is 5.39 Å². The highest BCUT2D eigenvalue weighted by atomic mass is 19.1. The quantitative estimate of drug-likeness (QED) is 0.828. The van der Waals surface area contributed by atoms with Crippen LogP contribution in [0.2, 0.25) is 0 Å². The Morgan fingerprint density at radius 1 is 1.53 bits per heavy atom. The van der Waals surface area contributed by atoms with E-state index in [1.165, 1.54) is 18.4 Å². The number of furan rings is 1. The highest BCUT2D eigenvalue weighted by Crippen LogP contribution is 2.21. The number of nitrogens with one attached hydrogen (secondary N) is 1. The van der Waals surface area contributed by atoms with Crippen LogP contribution in [-0.2, 0) is 0 Å². The second kappa shape index (κ2) is 4.67. The van der Waals surface area contributed by atoms with Crippen LogP contribution in [0.3, 0.4) is 0 Å². The molecule has 0 aliphatic carbocycles. The maximum absolute atomic E-state index is 13.8. The first-order valence-electron chi connectivity index (χ1n) is 5.55. The van der Waals surface area contributed by atoms with E-state index in [-0.39, 0.29) is 17.4 Å². The van der Waals surface area contributed by atoms with Gasteiger partial charge in [-0.05, 0) is 31.7 Å². The molecule has 0 saturated carbocycles. The van der Waals surface area contributed by atoms with Gasteiger partial charge in [-0.15, -0.1) is 0 Å². The molecular formula is C13H14FNO2. The average molecular weight is 235 g/mol.